The zero-order chi connectivity index (χ0) is 20.8. The summed E-state index contributed by atoms with van der Waals surface area (Å²) in [7, 11) is 0. The predicted octanol–water partition coefficient (Wildman–Crippen LogP) is 4.62. The van der Waals surface area contributed by atoms with E-state index in [0.717, 1.165) is 31.5 Å². The molecule has 1 unspecified atom stereocenters. The Bertz CT molecular complexity index is 896. The second kappa shape index (κ2) is 9.80. The van der Waals surface area contributed by atoms with Crippen LogP contribution in [0.3, 0.4) is 0 Å². The Morgan fingerprint density at radius 1 is 1.10 bits per heavy atom. The summed E-state index contributed by atoms with van der Waals surface area (Å²) in [6.45, 7) is 1.72. The minimum atomic E-state index is 0.0957. The molecule has 2 aromatic rings. The molecule has 1 saturated carbocycles. The second-order valence-electron chi connectivity index (χ2n) is 8.81. The van der Waals surface area contributed by atoms with Crippen molar-refractivity contribution in [3.05, 3.63) is 65.2 Å². The fourth-order valence-corrected chi connectivity index (χ4v) is 4.98. The molecule has 0 saturated heterocycles. The minimum Gasteiger partial charge on any atom is -0.369 e. The van der Waals surface area contributed by atoms with E-state index in [9.17, 15) is 10.1 Å². The molecule has 1 N–H and O–H groups in total. The molecule has 0 aromatic heterocycles. The van der Waals surface area contributed by atoms with Crippen LogP contribution in [0.15, 0.2) is 48.5 Å². The Hall–Kier alpha value is -2.80. The molecule has 4 nitrogen and oxygen atoms in total. The molecule has 1 fully saturated rings. The van der Waals surface area contributed by atoms with Gasteiger partial charge < -0.3 is 10.2 Å². The van der Waals surface area contributed by atoms with E-state index >= 15 is 0 Å². The van der Waals surface area contributed by atoms with Crippen LogP contribution in [0.2, 0.25) is 0 Å². The van der Waals surface area contributed by atoms with Gasteiger partial charge in [-0.3, -0.25) is 4.79 Å². The molecule has 2 aliphatic rings. The van der Waals surface area contributed by atoms with E-state index in [-0.39, 0.29) is 11.9 Å². The number of nitrogens with one attached hydrogen (secondary N) is 1. The Morgan fingerprint density at radius 3 is 2.67 bits per heavy atom. The van der Waals surface area contributed by atoms with E-state index in [4.69, 9.17) is 0 Å². The molecule has 1 heterocycles. The standard InChI is InChI=1S/C26H31N3O/c27-18-22-11-12-25-23(15-22)17-24(28-26(30)16-21-9-5-2-6-10-21)19-29(25)14-13-20-7-3-1-4-8-20/h1,3-4,7-8,11-12,15,21,24H,2,5-6,9-10,13-14,16-17,19H2,(H,28,30). The van der Waals surface area contributed by atoms with Crippen LogP contribution in [0, 0.1) is 17.2 Å². The average molecular weight is 402 g/mol. The van der Waals surface area contributed by atoms with Gasteiger partial charge in [0.1, 0.15) is 0 Å². The maximum Gasteiger partial charge on any atom is 0.220 e. The van der Waals surface area contributed by atoms with E-state index in [2.05, 4.69) is 46.6 Å². The smallest absolute Gasteiger partial charge is 0.220 e. The highest BCUT2D eigenvalue weighted by Crippen LogP contribution is 2.29. The number of carbonyl (C=O) groups excluding carboxylic acids is 1. The van der Waals surface area contributed by atoms with Crippen LogP contribution < -0.4 is 10.2 Å². The highest BCUT2D eigenvalue weighted by atomic mass is 16.1. The number of amides is 1. The van der Waals surface area contributed by atoms with Crippen molar-refractivity contribution in [2.45, 2.75) is 57.4 Å². The van der Waals surface area contributed by atoms with Gasteiger partial charge in [0, 0.05) is 25.2 Å². The molecule has 1 atom stereocenters. The number of anilines is 1. The summed E-state index contributed by atoms with van der Waals surface area (Å²) in [5, 5.41) is 12.6. The minimum absolute atomic E-state index is 0.0957. The molecule has 0 bridgehead atoms. The van der Waals surface area contributed by atoms with Crippen molar-refractivity contribution in [3.8, 4) is 6.07 Å². The molecule has 0 spiro atoms. The summed E-state index contributed by atoms with van der Waals surface area (Å²) in [5.74, 6) is 0.740. The maximum absolute atomic E-state index is 12.7. The molecule has 0 radical (unpaired) electrons. The lowest BCUT2D eigenvalue weighted by Gasteiger charge is -2.37. The lowest BCUT2D eigenvalue weighted by atomic mass is 9.86. The van der Waals surface area contributed by atoms with Crippen LogP contribution in [0.5, 0.6) is 0 Å². The van der Waals surface area contributed by atoms with E-state index in [0.29, 0.717) is 17.9 Å². The summed E-state index contributed by atoms with van der Waals surface area (Å²) in [5.41, 5.74) is 4.36. The number of carbonyl (C=O) groups is 1. The van der Waals surface area contributed by atoms with Gasteiger partial charge in [-0.05, 0) is 60.9 Å². The Morgan fingerprint density at radius 2 is 1.90 bits per heavy atom. The van der Waals surface area contributed by atoms with Gasteiger partial charge in [0.25, 0.3) is 0 Å². The number of hydrogen-bond acceptors (Lipinski definition) is 3. The van der Waals surface area contributed by atoms with Gasteiger partial charge in [-0.1, -0.05) is 49.6 Å². The second-order valence-corrected chi connectivity index (χ2v) is 8.81. The van der Waals surface area contributed by atoms with Crippen molar-refractivity contribution in [2.24, 2.45) is 5.92 Å². The summed E-state index contributed by atoms with van der Waals surface area (Å²) in [4.78, 5) is 15.1. The molecule has 30 heavy (non-hydrogen) atoms. The monoisotopic (exact) mass is 401 g/mol. The molecule has 1 aliphatic carbocycles. The molecule has 4 rings (SSSR count). The fourth-order valence-electron chi connectivity index (χ4n) is 4.98. The third kappa shape index (κ3) is 5.21. The van der Waals surface area contributed by atoms with Crippen LogP contribution in [0.25, 0.3) is 0 Å². The topological polar surface area (TPSA) is 56.1 Å². The summed E-state index contributed by atoms with van der Waals surface area (Å²) in [6, 6.07) is 18.8. The lowest BCUT2D eigenvalue weighted by Crippen LogP contribution is -2.49. The SMILES string of the molecule is N#Cc1ccc2c(c1)CC(NC(=O)CC1CCCCC1)CN2CCc1ccccc1. The van der Waals surface area contributed by atoms with E-state index in [1.54, 1.807) is 0 Å². The van der Waals surface area contributed by atoms with Crippen molar-refractivity contribution >= 4 is 11.6 Å². The molecule has 1 amide bonds. The predicted molar refractivity (Wildman–Crippen MR) is 120 cm³/mol. The Kier molecular flexibility index (Phi) is 6.69. The van der Waals surface area contributed by atoms with Gasteiger partial charge in [0.15, 0.2) is 0 Å². The molecule has 4 heteroatoms. The van der Waals surface area contributed by atoms with Crippen molar-refractivity contribution < 1.29 is 4.79 Å². The van der Waals surface area contributed by atoms with Crippen molar-refractivity contribution in [1.82, 2.24) is 5.32 Å². The van der Waals surface area contributed by atoms with Gasteiger partial charge in [0.2, 0.25) is 5.91 Å². The van der Waals surface area contributed by atoms with Gasteiger partial charge >= 0.3 is 0 Å². The third-order valence-corrected chi connectivity index (χ3v) is 6.53. The molecule has 2 aromatic carbocycles. The molecular weight excluding hydrogens is 370 g/mol. The zero-order valence-corrected chi connectivity index (χ0v) is 17.6. The lowest BCUT2D eigenvalue weighted by molar-refractivity contribution is -0.122. The van der Waals surface area contributed by atoms with Crippen LogP contribution in [-0.4, -0.2) is 25.0 Å². The molecular formula is C26H31N3O. The highest BCUT2D eigenvalue weighted by molar-refractivity contribution is 5.77. The summed E-state index contributed by atoms with van der Waals surface area (Å²) >= 11 is 0. The maximum atomic E-state index is 12.7. The largest absolute Gasteiger partial charge is 0.369 e. The van der Waals surface area contributed by atoms with Crippen molar-refractivity contribution in [1.29, 1.82) is 5.26 Å². The highest BCUT2D eigenvalue weighted by Gasteiger charge is 2.27. The van der Waals surface area contributed by atoms with Gasteiger partial charge in [-0.25, -0.2) is 0 Å². The van der Waals surface area contributed by atoms with Crippen molar-refractivity contribution in [2.75, 3.05) is 18.0 Å². The first kappa shape index (κ1) is 20.5. The number of nitriles is 1. The Balaban J connectivity index is 1.44. The van der Waals surface area contributed by atoms with Gasteiger partial charge in [0.05, 0.1) is 17.7 Å². The number of rotatable bonds is 6. The zero-order valence-electron chi connectivity index (χ0n) is 17.6. The summed E-state index contributed by atoms with van der Waals surface area (Å²) in [6.07, 6.45) is 8.63. The van der Waals surface area contributed by atoms with E-state index < -0.39 is 0 Å². The quantitative estimate of drug-likeness (QED) is 0.768. The van der Waals surface area contributed by atoms with Crippen LogP contribution in [-0.2, 0) is 17.6 Å². The number of fused-ring (bicyclic) bond motifs is 1. The number of nitrogens with zero attached hydrogens (tertiary/aromatic N) is 2. The first-order valence-electron chi connectivity index (χ1n) is 11.3. The molecule has 156 valence electrons. The average Bonchev–Trinajstić information content (AvgIpc) is 2.78. The van der Waals surface area contributed by atoms with Crippen molar-refractivity contribution in [3.63, 3.8) is 0 Å². The fraction of sp³-hybridized carbons (Fsp3) is 0.462. The van der Waals surface area contributed by atoms with Crippen LogP contribution in [0.1, 0.15) is 55.2 Å². The van der Waals surface area contributed by atoms with E-state index in [1.165, 1.54) is 43.4 Å². The first-order chi connectivity index (χ1) is 14.7. The normalized spacial score (nSPS) is 19.0. The van der Waals surface area contributed by atoms with Crippen LogP contribution in [0.4, 0.5) is 5.69 Å². The van der Waals surface area contributed by atoms with Gasteiger partial charge in [-0.2, -0.15) is 5.26 Å². The first-order valence-corrected chi connectivity index (χ1v) is 11.3. The van der Waals surface area contributed by atoms with Gasteiger partial charge in [-0.15, -0.1) is 0 Å². The van der Waals surface area contributed by atoms with Crippen LogP contribution >= 0.6 is 0 Å². The number of benzene rings is 2. The summed E-state index contributed by atoms with van der Waals surface area (Å²) < 4.78 is 0. The number of hydrogen-bond donors (Lipinski definition) is 1. The van der Waals surface area contributed by atoms with E-state index in [1.807, 2.05) is 18.2 Å². The third-order valence-electron chi connectivity index (χ3n) is 6.53. The molecule has 1 aliphatic heterocycles. The Labute approximate surface area is 179 Å².